The third-order valence-corrected chi connectivity index (χ3v) is 6.59. The van der Waals surface area contributed by atoms with Crippen LogP contribution in [0, 0.1) is 25.2 Å². The predicted octanol–water partition coefficient (Wildman–Crippen LogP) is 6.00. The van der Waals surface area contributed by atoms with E-state index in [9.17, 15) is 14.9 Å². The third kappa shape index (κ3) is 3.75. The van der Waals surface area contributed by atoms with Crippen molar-refractivity contribution in [2.45, 2.75) is 13.8 Å². The minimum absolute atomic E-state index is 0.0500. The van der Waals surface area contributed by atoms with Gasteiger partial charge in [0, 0.05) is 4.88 Å². The molecule has 0 saturated carbocycles. The van der Waals surface area contributed by atoms with Gasteiger partial charge < -0.3 is 10.1 Å². The smallest absolute Gasteiger partial charge is 0.341 e. The predicted molar refractivity (Wildman–Crippen MR) is 129 cm³/mol. The molecule has 0 fully saturated rings. The van der Waals surface area contributed by atoms with Crippen LogP contribution in [0.3, 0.4) is 0 Å². The summed E-state index contributed by atoms with van der Waals surface area (Å²) in [5.74, 6) is -1.10. The van der Waals surface area contributed by atoms with Gasteiger partial charge in [-0.15, -0.1) is 11.3 Å². The van der Waals surface area contributed by atoms with Crippen molar-refractivity contribution in [3.8, 4) is 6.07 Å². The Morgan fingerprint density at radius 3 is 2.19 bits per heavy atom. The van der Waals surface area contributed by atoms with E-state index in [0.717, 1.165) is 37.5 Å². The zero-order valence-corrected chi connectivity index (χ0v) is 18.7. The highest BCUT2D eigenvalue weighted by Crippen LogP contribution is 2.34. The molecule has 0 spiro atoms. The zero-order chi connectivity index (χ0) is 22.8. The van der Waals surface area contributed by atoms with Crippen molar-refractivity contribution in [1.29, 1.82) is 5.26 Å². The second kappa shape index (κ2) is 8.66. The van der Waals surface area contributed by atoms with Crippen LogP contribution in [0.25, 0.3) is 27.6 Å². The highest BCUT2D eigenvalue weighted by molar-refractivity contribution is 7.16. The molecule has 5 nitrogen and oxygen atoms in total. The monoisotopic (exact) mass is 440 g/mol. The van der Waals surface area contributed by atoms with Crippen LogP contribution >= 0.6 is 11.3 Å². The lowest BCUT2D eigenvalue weighted by atomic mass is 9.95. The van der Waals surface area contributed by atoms with Crippen molar-refractivity contribution in [2.24, 2.45) is 0 Å². The molecule has 4 rings (SSSR count). The molecular weight excluding hydrogens is 420 g/mol. The molecule has 0 aliphatic rings. The number of amides is 1. The van der Waals surface area contributed by atoms with Crippen molar-refractivity contribution in [3.63, 3.8) is 0 Å². The average Bonchev–Trinajstić information content (AvgIpc) is 3.08. The molecule has 6 heteroatoms. The standard InChI is InChI=1S/C26H20N2O3S/c1-15-16(2)32-25(23(15)26(30)31-3)28-24(29)19(14-27)13-22-20-10-6-4-8-17(20)12-18-9-5-7-11-21(18)22/h4-13H,1-3H3,(H,28,29)/b19-13+. The number of ether oxygens (including phenoxy) is 1. The van der Waals surface area contributed by atoms with Gasteiger partial charge in [0.1, 0.15) is 16.6 Å². The number of aryl methyl sites for hydroxylation is 1. The largest absolute Gasteiger partial charge is 0.465 e. The summed E-state index contributed by atoms with van der Waals surface area (Å²) in [7, 11) is 1.30. The fraction of sp³-hybridized carbons (Fsp3) is 0.115. The van der Waals surface area contributed by atoms with Gasteiger partial charge in [0.15, 0.2) is 0 Å². The molecule has 0 aliphatic heterocycles. The van der Waals surface area contributed by atoms with E-state index in [1.54, 1.807) is 13.0 Å². The van der Waals surface area contributed by atoms with Crippen molar-refractivity contribution in [3.05, 3.63) is 81.7 Å². The Kier molecular flexibility index (Phi) is 5.76. The maximum atomic E-state index is 13.1. The van der Waals surface area contributed by atoms with Crippen LogP contribution in [-0.2, 0) is 9.53 Å². The Labute approximate surface area is 189 Å². The topological polar surface area (TPSA) is 79.2 Å². The second-order valence-electron chi connectivity index (χ2n) is 7.34. The van der Waals surface area contributed by atoms with Crippen molar-refractivity contribution in [1.82, 2.24) is 0 Å². The van der Waals surface area contributed by atoms with E-state index in [2.05, 4.69) is 11.4 Å². The number of esters is 1. The van der Waals surface area contributed by atoms with E-state index >= 15 is 0 Å². The van der Waals surface area contributed by atoms with Crippen LogP contribution < -0.4 is 5.32 Å². The zero-order valence-electron chi connectivity index (χ0n) is 17.9. The molecule has 1 heterocycles. The Hall–Kier alpha value is -3.95. The van der Waals surface area contributed by atoms with E-state index in [-0.39, 0.29) is 5.57 Å². The Morgan fingerprint density at radius 2 is 1.62 bits per heavy atom. The highest BCUT2D eigenvalue weighted by atomic mass is 32.1. The van der Waals surface area contributed by atoms with Crippen LogP contribution in [0.2, 0.25) is 0 Å². The number of carbonyl (C=O) groups excluding carboxylic acids is 2. The second-order valence-corrected chi connectivity index (χ2v) is 8.56. The molecule has 32 heavy (non-hydrogen) atoms. The van der Waals surface area contributed by atoms with Gasteiger partial charge in [-0.3, -0.25) is 4.79 Å². The number of hydrogen-bond donors (Lipinski definition) is 1. The first-order chi connectivity index (χ1) is 15.4. The molecule has 0 aliphatic carbocycles. The molecule has 158 valence electrons. The van der Waals surface area contributed by atoms with Crippen molar-refractivity contribution >= 4 is 55.8 Å². The van der Waals surface area contributed by atoms with Crippen LogP contribution in [0.15, 0.2) is 60.2 Å². The van der Waals surface area contributed by atoms with Crippen LogP contribution in [-0.4, -0.2) is 19.0 Å². The molecular formula is C26H20N2O3S. The lowest BCUT2D eigenvalue weighted by Gasteiger charge is -2.10. The van der Waals surface area contributed by atoms with Gasteiger partial charge in [-0.1, -0.05) is 48.5 Å². The quantitative estimate of drug-likeness (QED) is 0.183. The van der Waals surface area contributed by atoms with Gasteiger partial charge >= 0.3 is 5.97 Å². The number of nitrogens with zero attached hydrogens (tertiary/aromatic N) is 1. The van der Waals surface area contributed by atoms with Crippen LogP contribution in [0.1, 0.15) is 26.4 Å². The summed E-state index contributed by atoms with van der Waals surface area (Å²) in [6.45, 7) is 3.67. The number of rotatable bonds is 4. The first kappa shape index (κ1) is 21.3. The van der Waals surface area contributed by atoms with Crippen molar-refractivity contribution in [2.75, 3.05) is 12.4 Å². The fourth-order valence-electron chi connectivity index (χ4n) is 3.73. The summed E-state index contributed by atoms with van der Waals surface area (Å²) in [5.41, 5.74) is 1.82. The van der Waals surface area contributed by atoms with E-state index in [1.165, 1.54) is 18.4 Å². The van der Waals surface area contributed by atoms with Crippen LogP contribution in [0.5, 0.6) is 0 Å². The normalized spacial score (nSPS) is 11.4. The van der Waals surface area contributed by atoms with Gasteiger partial charge in [-0.05, 0) is 58.7 Å². The van der Waals surface area contributed by atoms with E-state index in [0.29, 0.717) is 10.6 Å². The molecule has 0 radical (unpaired) electrons. The first-order valence-electron chi connectivity index (χ1n) is 9.96. The summed E-state index contributed by atoms with van der Waals surface area (Å²) in [4.78, 5) is 26.2. The van der Waals surface area contributed by atoms with Gasteiger partial charge in [-0.25, -0.2) is 4.79 Å². The Bertz CT molecular complexity index is 1400. The number of hydrogen-bond acceptors (Lipinski definition) is 5. The summed E-state index contributed by atoms with van der Waals surface area (Å²) in [6, 6.07) is 19.8. The number of nitriles is 1. The minimum Gasteiger partial charge on any atom is -0.465 e. The van der Waals surface area contributed by atoms with Gasteiger partial charge in [0.2, 0.25) is 0 Å². The average molecular weight is 441 g/mol. The maximum Gasteiger partial charge on any atom is 0.341 e. The Balaban J connectivity index is 1.82. The molecule has 0 bridgehead atoms. The van der Waals surface area contributed by atoms with Crippen LogP contribution in [0.4, 0.5) is 5.00 Å². The van der Waals surface area contributed by atoms with Gasteiger partial charge in [0.25, 0.3) is 5.91 Å². The molecule has 3 aromatic carbocycles. The third-order valence-electron chi connectivity index (χ3n) is 5.47. The SMILES string of the molecule is COC(=O)c1c(NC(=O)/C(C#N)=C/c2c3ccccc3cc3ccccc23)sc(C)c1C. The number of fused-ring (bicyclic) bond motifs is 2. The molecule has 0 saturated heterocycles. The number of carbonyl (C=O) groups is 2. The molecule has 1 N–H and O–H groups in total. The maximum absolute atomic E-state index is 13.1. The summed E-state index contributed by atoms with van der Waals surface area (Å²) < 4.78 is 4.87. The molecule has 1 aromatic heterocycles. The molecule has 4 aromatic rings. The number of anilines is 1. The lowest BCUT2D eigenvalue weighted by molar-refractivity contribution is -0.112. The van der Waals surface area contributed by atoms with E-state index in [1.807, 2.05) is 61.5 Å². The first-order valence-corrected chi connectivity index (χ1v) is 10.8. The van der Waals surface area contributed by atoms with E-state index in [4.69, 9.17) is 4.74 Å². The van der Waals surface area contributed by atoms with Crippen molar-refractivity contribution < 1.29 is 14.3 Å². The lowest BCUT2D eigenvalue weighted by Crippen LogP contribution is -2.15. The summed E-state index contributed by atoms with van der Waals surface area (Å²) >= 11 is 1.28. The Morgan fingerprint density at radius 1 is 1.03 bits per heavy atom. The van der Waals surface area contributed by atoms with Gasteiger partial charge in [-0.2, -0.15) is 5.26 Å². The number of nitrogens with one attached hydrogen (secondary N) is 1. The number of methoxy groups -OCH3 is 1. The molecule has 1 amide bonds. The number of benzene rings is 3. The summed E-state index contributed by atoms with van der Waals surface area (Å²) in [5, 5.41) is 16.9. The minimum atomic E-state index is -0.573. The summed E-state index contributed by atoms with van der Waals surface area (Å²) in [6.07, 6.45) is 1.62. The number of thiophene rings is 1. The van der Waals surface area contributed by atoms with E-state index < -0.39 is 11.9 Å². The molecule has 0 unspecified atom stereocenters. The van der Waals surface area contributed by atoms with Gasteiger partial charge in [0.05, 0.1) is 12.7 Å². The fourth-order valence-corrected chi connectivity index (χ4v) is 4.77. The molecule has 0 atom stereocenters. The highest BCUT2D eigenvalue weighted by Gasteiger charge is 2.23.